The molecule has 1 heterocycles. The van der Waals surface area contributed by atoms with E-state index in [2.05, 4.69) is 23.5 Å². The van der Waals surface area contributed by atoms with E-state index in [-0.39, 0.29) is 22.0 Å². The molecule has 7 heteroatoms. The third-order valence-electron chi connectivity index (χ3n) is 3.49. The molecular weight excluding hydrogens is 282 g/mol. The van der Waals surface area contributed by atoms with Crippen LogP contribution in [0.15, 0.2) is 4.90 Å². The first-order valence-corrected chi connectivity index (χ1v) is 8.96. The smallest absolute Gasteiger partial charge is 0.185 e. The summed E-state index contributed by atoms with van der Waals surface area (Å²) in [4.78, 5) is 0.188. The normalized spacial score (nSPS) is 16.6. The first kappa shape index (κ1) is 14.6. The van der Waals surface area contributed by atoms with Crippen LogP contribution in [0.5, 0.6) is 0 Å². The van der Waals surface area contributed by atoms with Crippen molar-refractivity contribution in [1.82, 2.24) is 4.37 Å². The number of sulfone groups is 1. The third-order valence-corrected chi connectivity index (χ3v) is 6.38. The van der Waals surface area contributed by atoms with Crippen LogP contribution in [0.2, 0.25) is 0 Å². The number of rotatable bonds is 6. The summed E-state index contributed by atoms with van der Waals surface area (Å²) in [5.74, 6) is 0.818. The van der Waals surface area contributed by atoms with Crippen LogP contribution in [-0.2, 0) is 9.84 Å². The standard InChI is InChI=1S/C12H21N3O2S2/c1-4-7-19(16,17)9-10(13)15-18-11(9)14-12(2,3)8-5-6-8/h8,14H,4-7H2,1-3H3,(H2,13,15). The van der Waals surface area contributed by atoms with Crippen molar-refractivity contribution >= 4 is 32.2 Å². The fourth-order valence-corrected chi connectivity index (χ4v) is 5.01. The van der Waals surface area contributed by atoms with Gasteiger partial charge in [-0.1, -0.05) is 6.92 Å². The van der Waals surface area contributed by atoms with Crippen molar-refractivity contribution in [2.75, 3.05) is 16.8 Å². The minimum atomic E-state index is -3.35. The van der Waals surface area contributed by atoms with E-state index in [1.165, 1.54) is 12.8 Å². The fraction of sp³-hybridized carbons (Fsp3) is 0.750. The average Bonchev–Trinajstić information content (AvgIpc) is 3.05. The van der Waals surface area contributed by atoms with E-state index >= 15 is 0 Å². The first-order valence-electron chi connectivity index (χ1n) is 6.54. The summed E-state index contributed by atoms with van der Waals surface area (Å²) < 4.78 is 28.5. The molecule has 1 aromatic rings. The van der Waals surface area contributed by atoms with Crippen molar-refractivity contribution < 1.29 is 8.42 Å². The topological polar surface area (TPSA) is 85.1 Å². The van der Waals surface area contributed by atoms with Gasteiger partial charge in [0, 0.05) is 5.54 Å². The molecule has 0 unspecified atom stereocenters. The number of nitrogens with zero attached hydrogens (tertiary/aromatic N) is 1. The number of hydrogen-bond acceptors (Lipinski definition) is 6. The Labute approximate surface area is 118 Å². The van der Waals surface area contributed by atoms with Gasteiger partial charge in [-0.15, -0.1) is 0 Å². The molecule has 0 radical (unpaired) electrons. The highest BCUT2D eigenvalue weighted by molar-refractivity contribution is 7.91. The van der Waals surface area contributed by atoms with Gasteiger partial charge in [0.1, 0.15) is 9.90 Å². The monoisotopic (exact) mass is 303 g/mol. The summed E-state index contributed by atoms with van der Waals surface area (Å²) in [6, 6.07) is 0. The van der Waals surface area contributed by atoms with Crippen LogP contribution in [0.1, 0.15) is 40.0 Å². The van der Waals surface area contributed by atoms with Gasteiger partial charge in [0.15, 0.2) is 15.7 Å². The lowest BCUT2D eigenvalue weighted by molar-refractivity contribution is 0.494. The van der Waals surface area contributed by atoms with Gasteiger partial charge in [-0.25, -0.2) is 8.42 Å². The van der Waals surface area contributed by atoms with Crippen LogP contribution in [-0.4, -0.2) is 24.1 Å². The molecule has 1 saturated carbocycles. The van der Waals surface area contributed by atoms with Crippen LogP contribution in [0.25, 0.3) is 0 Å². The molecule has 0 saturated heterocycles. The Hall–Kier alpha value is -0.820. The number of nitrogens with one attached hydrogen (secondary N) is 1. The zero-order valence-electron chi connectivity index (χ0n) is 11.6. The molecule has 0 atom stereocenters. The molecule has 19 heavy (non-hydrogen) atoms. The summed E-state index contributed by atoms with van der Waals surface area (Å²) in [7, 11) is -3.35. The van der Waals surface area contributed by atoms with Crippen molar-refractivity contribution in [1.29, 1.82) is 0 Å². The maximum absolute atomic E-state index is 12.3. The number of nitrogen functional groups attached to an aromatic ring is 1. The second-order valence-corrected chi connectivity index (χ2v) is 8.49. The molecule has 1 aliphatic rings. The van der Waals surface area contributed by atoms with E-state index in [1.807, 2.05) is 6.92 Å². The molecular formula is C12H21N3O2S2. The van der Waals surface area contributed by atoms with Crippen molar-refractivity contribution in [3.8, 4) is 0 Å². The summed E-state index contributed by atoms with van der Waals surface area (Å²) in [6.45, 7) is 6.03. The Morgan fingerprint density at radius 1 is 1.47 bits per heavy atom. The van der Waals surface area contributed by atoms with Crippen LogP contribution >= 0.6 is 11.5 Å². The van der Waals surface area contributed by atoms with Gasteiger partial charge in [0.25, 0.3) is 0 Å². The molecule has 0 aliphatic heterocycles. The van der Waals surface area contributed by atoms with Gasteiger partial charge in [-0.05, 0) is 50.6 Å². The van der Waals surface area contributed by atoms with Gasteiger partial charge in [0.2, 0.25) is 0 Å². The second-order valence-electron chi connectivity index (χ2n) is 5.67. The molecule has 1 aromatic heterocycles. The Balaban J connectivity index is 2.32. The average molecular weight is 303 g/mol. The molecule has 108 valence electrons. The summed E-state index contributed by atoms with van der Waals surface area (Å²) in [5.41, 5.74) is 5.63. The molecule has 0 aromatic carbocycles. The molecule has 5 nitrogen and oxygen atoms in total. The highest BCUT2D eigenvalue weighted by Crippen LogP contribution is 2.43. The Kier molecular flexibility index (Phi) is 3.79. The molecule has 0 spiro atoms. The minimum absolute atomic E-state index is 0.105. The second kappa shape index (κ2) is 4.94. The Bertz CT molecular complexity index is 560. The van der Waals surface area contributed by atoms with Gasteiger partial charge in [-0.2, -0.15) is 4.37 Å². The van der Waals surface area contributed by atoms with Crippen LogP contribution in [0.4, 0.5) is 10.8 Å². The largest absolute Gasteiger partial charge is 0.382 e. The maximum Gasteiger partial charge on any atom is 0.185 e. The van der Waals surface area contributed by atoms with Gasteiger partial charge >= 0.3 is 0 Å². The summed E-state index contributed by atoms with van der Waals surface area (Å²) >= 11 is 1.14. The van der Waals surface area contributed by atoms with Crippen molar-refractivity contribution in [2.45, 2.75) is 50.5 Å². The predicted octanol–water partition coefficient (Wildman–Crippen LogP) is 2.51. The van der Waals surface area contributed by atoms with Crippen LogP contribution in [0, 0.1) is 5.92 Å². The van der Waals surface area contributed by atoms with Gasteiger partial charge in [0.05, 0.1) is 5.75 Å². The van der Waals surface area contributed by atoms with E-state index in [9.17, 15) is 8.42 Å². The highest BCUT2D eigenvalue weighted by atomic mass is 32.2. The maximum atomic E-state index is 12.3. The van der Waals surface area contributed by atoms with E-state index in [4.69, 9.17) is 5.73 Å². The lowest BCUT2D eigenvalue weighted by Gasteiger charge is -2.26. The van der Waals surface area contributed by atoms with Crippen molar-refractivity contribution in [3.63, 3.8) is 0 Å². The molecule has 1 aliphatic carbocycles. The van der Waals surface area contributed by atoms with E-state index in [0.717, 1.165) is 11.5 Å². The quantitative estimate of drug-likeness (QED) is 0.843. The van der Waals surface area contributed by atoms with Crippen molar-refractivity contribution in [3.05, 3.63) is 0 Å². The highest BCUT2D eigenvalue weighted by Gasteiger charge is 2.39. The van der Waals surface area contributed by atoms with E-state index in [0.29, 0.717) is 17.3 Å². The predicted molar refractivity (Wildman–Crippen MR) is 79.3 cm³/mol. The lowest BCUT2D eigenvalue weighted by atomic mass is 9.99. The fourth-order valence-electron chi connectivity index (χ4n) is 2.24. The number of anilines is 2. The van der Waals surface area contributed by atoms with E-state index < -0.39 is 9.84 Å². The molecule has 0 bridgehead atoms. The Morgan fingerprint density at radius 3 is 2.63 bits per heavy atom. The molecule has 0 amide bonds. The third kappa shape index (κ3) is 3.02. The molecule has 2 rings (SSSR count). The van der Waals surface area contributed by atoms with Gasteiger partial charge < -0.3 is 11.1 Å². The molecule has 3 N–H and O–H groups in total. The minimum Gasteiger partial charge on any atom is -0.382 e. The summed E-state index contributed by atoms with van der Waals surface area (Å²) in [6.07, 6.45) is 2.94. The SMILES string of the molecule is CCCS(=O)(=O)c1c(N)nsc1NC(C)(C)C1CC1. The zero-order valence-corrected chi connectivity index (χ0v) is 13.2. The Morgan fingerprint density at radius 2 is 2.11 bits per heavy atom. The number of hydrogen-bond donors (Lipinski definition) is 2. The van der Waals surface area contributed by atoms with Crippen LogP contribution < -0.4 is 11.1 Å². The zero-order chi connectivity index (χ0) is 14.3. The summed E-state index contributed by atoms with van der Waals surface area (Å²) in [5, 5.41) is 3.92. The number of nitrogens with two attached hydrogens (primary N) is 1. The van der Waals surface area contributed by atoms with Gasteiger partial charge in [-0.3, -0.25) is 0 Å². The van der Waals surface area contributed by atoms with Crippen molar-refractivity contribution in [2.24, 2.45) is 5.92 Å². The number of aromatic nitrogens is 1. The molecule has 1 fully saturated rings. The van der Waals surface area contributed by atoms with Crippen LogP contribution in [0.3, 0.4) is 0 Å². The van der Waals surface area contributed by atoms with E-state index in [1.54, 1.807) is 0 Å². The first-order chi connectivity index (χ1) is 8.78. The lowest BCUT2D eigenvalue weighted by Crippen LogP contribution is -2.33.